The van der Waals surface area contributed by atoms with Gasteiger partial charge in [0.15, 0.2) is 0 Å². The molecule has 1 aromatic carbocycles. The van der Waals surface area contributed by atoms with Crippen molar-refractivity contribution in [2.75, 3.05) is 20.2 Å². The highest BCUT2D eigenvalue weighted by atomic mass is 16.4. The molecule has 10 nitrogen and oxygen atoms in total. The second-order valence-electron chi connectivity index (χ2n) is 8.78. The van der Waals surface area contributed by atoms with Gasteiger partial charge in [0.25, 0.3) is 0 Å². The Labute approximate surface area is 195 Å². The van der Waals surface area contributed by atoms with Crippen molar-refractivity contribution in [3.05, 3.63) is 44.5 Å². The zero-order valence-corrected chi connectivity index (χ0v) is 19.8. The number of hydrogen-bond acceptors (Lipinski definition) is 9. The van der Waals surface area contributed by atoms with Crippen molar-refractivity contribution in [3.8, 4) is 0 Å². The van der Waals surface area contributed by atoms with Crippen molar-refractivity contribution in [1.82, 2.24) is 4.90 Å². The van der Waals surface area contributed by atoms with Gasteiger partial charge in [-0.1, -0.05) is 0 Å². The van der Waals surface area contributed by atoms with E-state index in [0.717, 1.165) is 21.6 Å². The Morgan fingerprint density at radius 2 is 1.47 bits per heavy atom. The standard InChI is InChI=1S/C24H31NO9/c1-10-13(4)33-22-12(3)23-15(6-14(10)22)11(2)16(24(32)34-23)7-19(29)25(5)8-17(27)20(30)21(31)18(28)9-26/h6,17-18,20-21,26-28,30-31H,7-9H2,1-5H3. The molecule has 4 unspecified atom stereocenters. The Kier molecular flexibility index (Phi) is 7.49. The van der Waals surface area contributed by atoms with Crippen LogP contribution >= 0.6 is 0 Å². The van der Waals surface area contributed by atoms with Gasteiger partial charge in [-0.15, -0.1) is 0 Å². The van der Waals surface area contributed by atoms with Crippen LogP contribution in [0.4, 0.5) is 0 Å². The summed E-state index contributed by atoms with van der Waals surface area (Å²) in [5.74, 6) is 0.245. The molecule has 0 saturated heterocycles. The molecule has 0 fully saturated rings. The first-order chi connectivity index (χ1) is 15.9. The van der Waals surface area contributed by atoms with Crippen LogP contribution in [0, 0.1) is 27.7 Å². The number of aryl methyl sites for hydroxylation is 4. The van der Waals surface area contributed by atoms with Crippen LogP contribution in [0.5, 0.6) is 0 Å². The SMILES string of the molecule is Cc1oc2c(C)c3oc(=O)c(CC(=O)N(C)CC(O)C(O)C(O)C(O)CO)c(C)c3cc2c1C. The van der Waals surface area contributed by atoms with Crippen molar-refractivity contribution in [1.29, 1.82) is 0 Å². The van der Waals surface area contributed by atoms with Crippen molar-refractivity contribution in [3.63, 3.8) is 0 Å². The van der Waals surface area contributed by atoms with Crippen LogP contribution < -0.4 is 5.63 Å². The van der Waals surface area contributed by atoms with E-state index < -0.39 is 42.6 Å². The van der Waals surface area contributed by atoms with E-state index in [9.17, 15) is 30.0 Å². The van der Waals surface area contributed by atoms with E-state index in [1.807, 2.05) is 26.8 Å². The van der Waals surface area contributed by atoms with Crippen molar-refractivity contribution >= 4 is 27.8 Å². The highest BCUT2D eigenvalue weighted by molar-refractivity contribution is 6.00. The van der Waals surface area contributed by atoms with Crippen LogP contribution in [0.3, 0.4) is 0 Å². The van der Waals surface area contributed by atoms with E-state index in [4.69, 9.17) is 13.9 Å². The summed E-state index contributed by atoms with van der Waals surface area (Å²) < 4.78 is 11.4. The Balaban J connectivity index is 1.88. The average molecular weight is 478 g/mol. The number of rotatable bonds is 8. The lowest BCUT2D eigenvalue weighted by Crippen LogP contribution is -2.50. The van der Waals surface area contributed by atoms with Crippen molar-refractivity contribution in [2.45, 2.75) is 58.5 Å². The molecule has 0 aliphatic carbocycles. The van der Waals surface area contributed by atoms with E-state index >= 15 is 0 Å². The predicted octanol–water partition coefficient (Wildman–Crippen LogP) is 0.210. The monoisotopic (exact) mass is 477 g/mol. The zero-order valence-electron chi connectivity index (χ0n) is 19.8. The minimum atomic E-state index is -1.80. The van der Waals surface area contributed by atoms with Crippen LogP contribution in [-0.2, 0) is 11.2 Å². The number of furan rings is 1. The van der Waals surface area contributed by atoms with Gasteiger partial charge in [-0.05, 0) is 44.9 Å². The molecule has 0 radical (unpaired) electrons. The summed E-state index contributed by atoms with van der Waals surface area (Å²) in [6.07, 6.45) is -7.13. The highest BCUT2D eigenvalue weighted by Gasteiger charge is 2.31. The van der Waals surface area contributed by atoms with E-state index in [-0.39, 0.29) is 18.5 Å². The Morgan fingerprint density at radius 3 is 2.09 bits per heavy atom. The van der Waals surface area contributed by atoms with Crippen LogP contribution in [0.1, 0.15) is 28.0 Å². The summed E-state index contributed by atoms with van der Waals surface area (Å²) in [5, 5.41) is 49.8. The summed E-state index contributed by atoms with van der Waals surface area (Å²) in [6.45, 7) is 6.16. The first-order valence-corrected chi connectivity index (χ1v) is 10.9. The Hall–Kier alpha value is -2.76. The summed E-state index contributed by atoms with van der Waals surface area (Å²) in [4.78, 5) is 26.7. The summed E-state index contributed by atoms with van der Waals surface area (Å²) in [5.41, 5.74) is 2.82. The van der Waals surface area contributed by atoms with Crippen LogP contribution in [0.25, 0.3) is 21.9 Å². The maximum absolute atomic E-state index is 12.8. The molecule has 0 aliphatic heterocycles. The quantitative estimate of drug-likeness (QED) is 0.285. The van der Waals surface area contributed by atoms with E-state index in [0.29, 0.717) is 27.7 Å². The average Bonchev–Trinajstić information content (AvgIpc) is 3.09. The molecule has 0 bridgehead atoms. The molecule has 186 valence electrons. The first kappa shape index (κ1) is 25.9. The largest absolute Gasteiger partial charge is 0.461 e. The molecule has 0 saturated carbocycles. The molecule has 4 atom stereocenters. The van der Waals surface area contributed by atoms with Gasteiger partial charge >= 0.3 is 5.63 Å². The fourth-order valence-corrected chi connectivity index (χ4v) is 4.04. The number of benzene rings is 1. The van der Waals surface area contributed by atoms with Crippen LogP contribution in [-0.4, -0.2) is 81.0 Å². The summed E-state index contributed by atoms with van der Waals surface area (Å²) in [7, 11) is 1.37. The maximum atomic E-state index is 12.8. The lowest BCUT2D eigenvalue weighted by Gasteiger charge is -2.28. The molecular formula is C24H31NO9. The number of aliphatic hydroxyl groups is 5. The highest BCUT2D eigenvalue weighted by Crippen LogP contribution is 2.34. The summed E-state index contributed by atoms with van der Waals surface area (Å²) >= 11 is 0. The third kappa shape index (κ3) is 4.59. The number of likely N-dealkylation sites (N-methyl/N-ethyl adjacent to an activating group) is 1. The normalized spacial score (nSPS) is 15.5. The summed E-state index contributed by atoms with van der Waals surface area (Å²) in [6, 6.07) is 1.88. The Bertz CT molecular complexity index is 1280. The minimum absolute atomic E-state index is 0.173. The maximum Gasteiger partial charge on any atom is 0.340 e. The molecule has 10 heteroatoms. The number of amides is 1. The number of nitrogens with zero attached hydrogens (tertiary/aromatic N) is 1. The second kappa shape index (κ2) is 9.85. The van der Waals surface area contributed by atoms with Crippen LogP contribution in [0.15, 0.2) is 19.7 Å². The predicted molar refractivity (Wildman–Crippen MR) is 124 cm³/mol. The molecule has 2 heterocycles. The number of hydrogen-bond donors (Lipinski definition) is 5. The zero-order chi connectivity index (χ0) is 25.5. The van der Waals surface area contributed by atoms with E-state index in [1.165, 1.54) is 7.05 Å². The van der Waals surface area contributed by atoms with Crippen molar-refractivity contribution < 1.29 is 39.2 Å². The van der Waals surface area contributed by atoms with Gasteiger partial charge in [0, 0.05) is 29.9 Å². The van der Waals surface area contributed by atoms with Gasteiger partial charge in [-0.2, -0.15) is 0 Å². The van der Waals surface area contributed by atoms with Crippen LogP contribution in [0.2, 0.25) is 0 Å². The first-order valence-electron chi connectivity index (χ1n) is 10.9. The number of carbonyl (C=O) groups is 1. The second-order valence-corrected chi connectivity index (χ2v) is 8.78. The van der Waals surface area contributed by atoms with Gasteiger partial charge in [-0.3, -0.25) is 4.79 Å². The molecule has 2 aromatic heterocycles. The molecule has 3 rings (SSSR count). The minimum Gasteiger partial charge on any atom is -0.461 e. The number of aliphatic hydroxyl groups excluding tert-OH is 5. The van der Waals surface area contributed by atoms with Gasteiger partial charge in [0.2, 0.25) is 5.91 Å². The van der Waals surface area contributed by atoms with Gasteiger partial charge in [0.1, 0.15) is 41.3 Å². The molecule has 34 heavy (non-hydrogen) atoms. The van der Waals surface area contributed by atoms with Gasteiger partial charge in [0.05, 0.1) is 18.6 Å². The molecule has 0 spiro atoms. The smallest absolute Gasteiger partial charge is 0.340 e. The Morgan fingerprint density at radius 1 is 0.912 bits per heavy atom. The number of fused-ring (bicyclic) bond motifs is 2. The van der Waals surface area contributed by atoms with E-state index in [1.54, 1.807) is 6.92 Å². The van der Waals surface area contributed by atoms with E-state index in [2.05, 4.69) is 0 Å². The fourth-order valence-electron chi connectivity index (χ4n) is 4.04. The molecule has 1 amide bonds. The van der Waals surface area contributed by atoms with Gasteiger partial charge in [-0.25, -0.2) is 4.79 Å². The molecule has 0 aliphatic rings. The third-order valence-corrected chi connectivity index (χ3v) is 6.48. The topological polar surface area (TPSA) is 165 Å². The lowest BCUT2D eigenvalue weighted by molar-refractivity contribution is -0.137. The molecular weight excluding hydrogens is 446 g/mol. The lowest BCUT2D eigenvalue weighted by atomic mass is 9.98. The molecule has 5 N–H and O–H groups in total. The molecule has 3 aromatic rings. The fraction of sp³-hybridized carbons (Fsp3) is 0.500. The third-order valence-electron chi connectivity index (χ3n) is 6.48. The van der Waals surface area contributed by atoms with Crippen molar-refractivity contribution in [2.24, 2.45) is 0 Å². The van der Waals surface area contributed by atoms with Gasteiger partial charge < -0.3 is 39.3 Å². The number of carbonyl (C=O) groups excluding carboxylic acids is 1.